The number of aromatic nitrogens is 1. The smallest absolute Gasteiger partial charge is 0.262 e. The van der Waals surface area contributed by atoms with Crippen molar-refractivity contribution in [3.63, 3.8) is 0 Å². The van der Waals surface area contributed by atoms with Crippen molar-refractivity contribution < 1.29 is 4.79 Å². The fourth-order valence-corrected chi connectivity index (χ4v) is 2.29. The van der Waals surface area contributed by atoms with Crippen LogP contribution in [-0.2, 0) is 4.79 Å². The number of carbonyl (C=O) groups is 1. The Kier molecular flexibility index (Phi) is 4.68. The molecule has 4 heteroatoms. The van der Waals surface area contributed by atoms with Crippen LogP contribution < -0.4 is 5.32 Å². The van der Waals surface area contributed by atoms with Gasteiger partial charge in [-0.3, -0.25) is 9.78 Å². The third-order valence-corrected chi connectivity index (χ3v) is 3.32. The van der Waals surface area contributed by atoms with Gasteiger partial charge in [0, 0.05) is 18.4 Å². The number of rotatable bonds is 3. The number of nitriles is 1. The molecule has 1 aliphatic carbocycles. The maximum absolute atomic E-state index is 12.0. The summed E-state index contributed by atoms with van der Waals surface area (Å²) in [7, 11) is 0. The molecule has 98 valence electrons. The van der Waals surface area contributed by atoms with Crippen molar-refractivity contribution in [2.24, 2.45) is 0 Å². The van der Waals surface area contributed by atoms with E-state index in [0.717, 1.165) is 31.2 Å². The molecule has 1 fully saturated rings. The van der Waals surface area contributed by atoms with E-state index in [1.807, 2.05) is 6.07 Å². The molecule has 1 N–H and O–H groups in total. The highest BCUT2D eigenvalue weighted by molar-refractivity contribution is 6.01. The van der Waals surface area contributed by atoms with E-state index in [-0.39, 0.29) is 17.5 Å². The van der Waals surface area contributed by atoms with Crippen molar-refractivity contribution in [2.75, 3.05) is 0 Å². The molecule has 19 heavy (non-hydrogen) atoms. The summed E-state index contributed by atoms with van der Waals surface area (Å²) < 4.78 is 0. The van der Waals surface area contributed by atoms with E-state index in [1.54, 1.807) is 30.6 Å². The van der Waals surface area contributed by atoms with Crippen molar-refractivity contribution in [1.82, 2.24) is 10.3 Å². The Labute approximate surface area is 113 Å². The first-order valence-electron chi connectivity index (χ1n) is 6.62. The van der Waals surface area contributed by atoms with Gasteiger partial charge in [0.15, 0.2) is 0 Å². The fourth-order valence-electron chi connectivity index (χ4n) is 2.29. The minimum Gasteiger partial charge on any atom is -0.349 e. The predicted molar refractivity (Wildman–Crippen MR) is 72.8 cm³/mol. The van der Waals surface area contributed by atoms with Crippen molar-refractivity contribution >= 4 is 12.0 Å². The maximum Gasteiger partial charge on any atom is 0.262 e. The van der Waals surface area contributed by atoms with Gasteiger partial charge in [0.1, 0.15) is 11.6 Å². The molecule has 1 saturated carbocycles. The van der Waals surface area contributed by atoms with Gasteiger partial charge in [0.25, 0.3) is 5.91 Å². The molecule has 1 aromatic rings. The Balaban J connectivity index is 2.03. The summed E-state index contributed by atoms with van der Waals surface area (Å²) >= 11 is 0. The van der Waals surface area contributed by atoms with Crippen LogP contribution in [0.2, 0.25) is 0 Å². The molecule has 0 saturated heterocycles. The van der Waals surface area contributed by atoms with Crippen molar-refractivity contribution in [1.29, 1.82) is 5.26 Å². The molecule has 1 aliphatic rings. The molecule has 0 bridgehead atoms. The molecule has 0 atom stereocenters. The van der Waals surface area contributed by atoms with Crippen LogP contribution in [0.1, 0.15) is 37.7 Å². The van der Waals surface area contributed by atoms with E-state index in [9.17, 15) is 4.79 Å². The minimum atomic E-state index is -0.272. The van der Waals surface area contributed by atoms with Gasteiger partial charge >= 0.3 is 0 Å². The second-order valence-corrected chi connectivity index (χ2v) is 4.76. The van der Waals surface area contributed by atoms with E-state index < -0.39 is 0 Å². The summed E-state index contributed by atoms with van der Waals surface area (Å²) in [6.45, 7) is 0. The summed E-state index contributed by atoms with van der Waals surface area (Å²) in [5.74, 6) is -0.272. The van der Waals surface area contributed by atoms with Gasteiger partial charge in [-0.1, -0.05) is 19.3 Å². The van der Waals surface area contributed by atoms with Crippen molar-refractivity contribution in [3.8, 4) is 6.07 Å². The summed E-state index contributed by atoms with van der Waals surface area (Å²) in [6, 6.07) is 5.72. The molecule has 0 aliphatic heterocycles. The fraction of sp³-hybridized carbons (Fsp3) is 0.400. The molecule has 4 nitrogen and oxygen atoms in total. The van der Waals surface area contributed by atoms with Crippen LogP contribution in [0.3, 0.4) is 0 Å². The van der Waals surface area contributed by atoms with E-state index in [2.05, 4.69) is 10.3 Å². The third kappa shape index (κ3) is 3.92. The Bertz CT molecular complexity index is 496. The van der Waals surface area contributed by atoms with Crippen LogP contribution in [0, 0.1) is 11.3 Å². The second-order valence-electron chi connectivity index (χ2n) is 4.76. The normalized spacial score (nSPS) is 16.7. The Morgan fingerprint density at radius 2 is 2.00 bits per heavy atom. The van der Waals surface area contributed by atoms with Crippen molar-refractivity contribution in [2.45, 2.75) is 38.1 Å². The largest absolute Gasteiger partial charge is 0.349 e. The van der Waals surface area contributed by atoms with Gasteiger partial charge < -0.3 is 5.32 Å². The molecule has 0 radical (unpaired) electrons. The Hall–Kier alpha value is -2.15. The molecular formula is C15H17N3O. The molecule has 2 rings (SSSR count). The molecule has 1 aromatic heterocycles. The molecule has 1 amide bonds. The van der Waals surface area contributed by atoms with Crippen LogP contribution in [-0.4, -0.2) is 16.9 Å². The minimum absolute atomic E-state index is 0.150. The van der Waals surface area contributed by atoms with E-state index >= 15 is 0 Å². The van der Waals surface area contributed by atoms with Crippen LogP contribution in [0.25, 0.3) is 6.08 Å². The van der Waals surface area contributed by atoms with Gasteiger partial charge in [-0.05, 0) is 36.6 Å². The number of hydrogen-bond donors (Lipinski definition) is 1. The average molecular weight is 255 g/mol. The first-order valence-corrected chi connectivity index (χ1v) is 6.62. The Morgan fingerprint density at radius 1 is 1.32 bits per heavy atom. The Morgan fingerprint density at radius 3 is 2.63 bits per heavy atom. The molecule has 1 heterocycles. The average Bonchev–Trinajstić information content (AvgIpc) is 2.47. The van der Waals surface area contributed by atoms with Crippen LogP contribution in [0.4, 0.5) is 0 Å². The monoisotopic (exact) mass is 255 g/mol. The number of nitrogens with zero attached hydrogens (tertiary/aromatic N) is 2. The lowest BCUT2D eigenvalue weighted by molar-refractivity contribution is -0.117. The number of nitrogens with one attached hydrogen (secondary N) is 1. The van der Waals surface area contributed by atoms with Crippen LogP contribution >= 0.6 is 0 Å². The highest BCUT2D eigenvalue weighted by atomic mass is 16.1. The van der Waals surface area contributed by atoms with Crippen molar-refractivity contribution in [3.05, 3.63) is 35.7 Å². The summed E-state index contributed by atoms with van der Waals surface area (Å²) in [4.78, 5) is 15.9. The first-order chi connectivity index (χ1) is 9.29. The van der Waals surface area contributed by atoms with E-state index in [0.29, 0.717) is 0 Å². The maximum atomic E-state index is 12.0. The molecule has 0 spiro atoms. The number of pyridine rings is 1. The van der Waals surface area contributed by atoms with Gasteiger partial charge in [-0.25, -0.2) is 0 Å². The lowest BCUT2D eigenvalue weighted by Gasteiger charge is -2.22. The zero-order valence-corrected chi connectivity index (χ0v) is 10.8. The zero-order chi connectivity index (χ0) is 13.5. The quantitative estimate of drug-likeness (QED) is 0.666. The molecule has 0 unspecified atom stereocenters. The molecular weight excluding hydrogens is 238 g/mol. The highest BCUT2D eigenvalue weighted by Gasteiger charge is 2.17. The summed E-state index contributed by atoms with van der Waals surface area (Å²) in [5, 5.41) is 12.0. The van der Waals surface area contributed by atoms with Gasteiger partial charge in [-0.15, -0.1) is 0 Å². The van der Waals surface area contributed by atoms with Crippen LogP contribution in [0.5, 0.6) is 0 Å². The summed E-state index contributed by atoms with van der Waals surface area (Å²) in [5.41, 5.74) is 0.960. The van der Waals surface area contributed by atoms with Gasteiger partial charge in [0.2, 0.25) is 0 Å². The van der Waals surface area contributed by atoms with E-state index in [1.165, 1.54) is 6.42 Å². The standard InChI is InChI=1S/C15H17N3O/c16-11-13(10-12-6-8-17-9-7-12)15(19)18-14-4-2-1-3-5-14/h6-10,14H,1-5H2,(H,18,19)/b13-10-. The predicted octanol–water partition coefficient (Wildman–Crippen LogP) is 2.44. The van der Waals surface area contributed by atoms with Gasteiger partial charge in [0.05, 0.1) is 0 Å². The third-order valence-electron chi connectivity index (χ3n) is 3.32. The molecule has 0 aromatic carbocycles. The zero-order valence-electron chi connectivity index (χ0n) is 10.8. The van der Waals surface area contributed by atoms with Gasteiger partial charge in [-0.2, -0.15) is 5.26 Å². The topological polar surface area (TPSA) is 65.8 Å². The SMILES string of the molecule is N#C/C(=C/c1ccncc1)C(=O)NC1CCCCC1. The lowest BCUT2D eigenvalue weighted by atomic mass is 9.95. The highest BCUT2D eigenvalue weighted by Crippen LogP contribution is 2.18. The summed E-state index contributed by atoms with van der Waals surface area (Å²) in [6.07, 6.45) is 10.4. The number of hydrogen-bond acceptors (Lipinski definition) is 3. The van der Waals surface area contributed by atoms with E-state index in [4.69, 9.17) is 5.26 Å². The number of carbonyl (C=O) groups excluding carboxylic acids is 1. The van der Waals surface area contributed by atoms with Crippen LogP contribution in [0.15, 0.2) is 30.1 Å². The first kappa shape index (κ1) is 13.3. The second kappa shape index (κ2) is 6.69. The lowest BCUT2D eigenvalue weighted by Crippen LogP contribution is -2.36. The number of amides is 1.